The number of anilines is 1. The molecule has 0 radical (unpaired) electrons. The third kappa shape index (κ3) is 5.38. The Labute approximate surface area is 196 Å². The summed E-state index contributed by atoms with van der Waals surface area (Å²) in [5, 5.41) is 0. The molecule has 172 valence electrons. The lowest BCUT2D eigenvalue weighted by Gasteiger charge is -2.32. The van der Waals surface area contributed by atoms with Crippen LogP contribution in [0.3, 0.4) is 0 Å². The van der Waals surface area contributed by atoms with Gasteiger partial charge in [-0.3, -0.25) is 9.78 Å². The molecule has 33 heavy (non-hydrogen) atoms. The fraction of sp³-hybridized carbons (Fsp3) is 0.407. The highest BCUT2D eigenvalue weighted by Gasteiger charge is 2.28. The number of carbonyl (C=O) groups is 1. The maximum absolute atomic E-state index is 13.3. The number of amides is 1. The average molecular weight is 444 g/mol. The summed E-state index contributed by atoms with van der Waals surface area (Å²) in [6.45, 7) is 7.53. The molecule has 4 rings (SSSR count). The molecule has 0 aliphatic carbocycles. The molecule has 0 N–H and O–H groups in total. The minimum Gasteiger partial charge on any atom is -0.347 e. The van der Waals surface area contributed by atoms with Gasteiger partial charge in [0.25, 0.3) is 5.91 Å². The second-order valence-electron chi connectivity index (χ2n) is 9.32. The molecule has 0 saturated carbocycles. The maximum Gasteiger partial charge on any atom is 0.272 e. The van der Waals surface area contributed by atoms with Crippen LogP contribution in [-0.4, -0.2) is 52.9 Å². The molecule has 1 amide bonds. The molecule has 1 fully saturated rings. The number of nitrogens with zero attached hydrogens (tertiary/aromatic N) is 5. The molecule has 1 atom stereocenters. The van der Waals surface area contributed by atoms with Gasteiger partial charge in [-0.25, -0.2) is 9.97 Å². The van der Waals surface area contributed by atoms with Crippen molar-refractivity contribution in [2.75, 3.05) is 32.1 Å². The van der Waals surface area contributed by atoms with Crippen molar-refractivity contribution in [1.82, 2.24) is 19.9 Å². The molecular weight excluding hydrogens is 410 g/mol. The summed E-state index contributed by atoms with van der Waals surface area (Å²) < 4.78 is 0. The van der Waals surface area contributed by atoms with E-state index in [0.29, 0.717) is 18.2 Å². The van der Waals surface area contributed by atoms with E-state index in [9.17, 15) is 4.79 Å². The molecule has 1 unspecified atom stereocenters. The molecule has 6 heteroatoms. The largest absolute Gasteiger partial charge is 0.347 e. The van der Waals surface area contributed by atoms with Crippen LogP contribution in [-0.2, 0) is 6.42 Å². The average Bonchev–Trinajstić information content (AvgIpc) is 2.79. The predicted molar refractivity (Wildman–Crippen MR) is 132 cm³/mol. The Kier molecular flexibility index (Phi) is 6.72. The Hall–Kier alpha value is -3.28. The first-order valence-electron chi connectivity index (χ1n) is 11.6. The molecule has 3 heterocycles. The third-order valence-electron chi connectivity index (χ3n) is 6.28. The first kappa shape index (κ1) is 22.9. The predicted octanol–water partition coefficient (Wildman–Crippen LogP) is 4.47. The van der Waals surface area contributed by atoms with Crippen LogP contribution in [0.1, 0.15) is 63.0 Å². The highest BCUT2D eigenvalue weighted by Crippen LogP contribution is 2.28. The summed E-state index contributed by atoms with van der Waals surface area (Å²) >= 11 is 0. The third-order valence-corrected chi connectivity index (χ3v) is 6.28. The summed E-state index contributed by atoms with van der Waals surface area (Å²) in [5.74, 6) is 0.767. The number of rotatable bonds is 5. The van der Waals surface area contributed by atoms with Crippen LogP contribution < -0.4 is 4.90 Å². The van der Waals surface area contributed by atoms with Crippen LogP contribution in [0.5, 0.6) is 0 Å². The van der Waals surface area contributed by atoms with Crippen molar-refractivity contribution in [2.45, 2.75) is 46.0 Å². The van der Waals surface area contributed by atoms with E-state index >= 15 is 0 Å². The molecule has 1 aliphatic rings. The van der Waals surface area contributed by atoms with Crippen LogP contribution in [0.25, 0.3) is 0 Å². The number of benzene rings is 1. The molecule has 1 aromatic carbocycles. The van der Waals surface area contributed by atoms with Crippen LogP contribution >= 0.6 is 0 Å². The first-order chi connectivity index (χ1) is 15.8. The number of piperidine rings is 1. The Morgan fingerprint density at radius 2 is 1.79 bits per heavy atom. The topological polar surface area (TPSA) is 62.2 Å². The van der Waals surface area contributed by atoms with E-state index in [1.165, 1.54) is 16.7 Å². The molecular formula is C27H33N5O. The van der Waals surface area contributed by atoms with E-state index in [4.69, 9.17) is 4.98 Å². The summed E-state index contributed by atoms with van der Waals surface area (Å²) in [5.41, 5.74) is 7.30. The Morgan fingerprint density at radius 3 is 2.55 bits per heavy atom. The summed E-state index contributed by atoms with van der Waals surface area (Å²) in [4.78, 5) is 30.9. The van der Waals surface area contributed by atoms with Crippen LogP contribution in [0.4, 0.5) is 5.95 Å². The zero-order valence-electron chi connectivity index (χ0n) is 20.3. The number of carbonyl (C=O) groups excluding carboxylic acids is 1. The summed E-state index contributed by atoms with van der Waals surface area (Å²) in [6, 6.07) is 14.7. The van der Waals surface area contributed by atoms with E-state index in [0.717, 1.165) is 42.9 Å². The molecule has 6 nitrogen and oxygen atoms in total. The van der Waals surface area contributed by atoms with Crippen molar-refractivity contribution in [1.29, 1.82) is 0 Å². The maximum atomic E-state index is 13.3. The van der Waals surface area contributed by atoms with E-state index in [2.05, 4.69) is 60.2 Å². The molecule has 0 bridgehead atoms. The van der Waals surface area contributed by atoms with E-state index < -0.39 is 0 Å². The fourth-order valence-corrected chi connectivity index (χ4v) is 4.54. The second kappa shape index (κ2) is 9.69. The molecule has 2 aromatic heterocycles. The van der Waals surface area contributed by atoms with Crippen molar-refractivity contribution < 1.29 is 4.79 Å². The standard InChI is InChI=1S/C27H33N5O/c1-18-9-6-7-10-22(18)15-21-13-19(2)28-24(16-21)23-11-8-12-32(17-23)26(33)25-14-20(3)29-27(30-25)31(4)5/h6-7,9-10,13-14,16,23H,8,11-12,15,17H2,1-5H3. The number of hydrogen-bond donors (Lipinski definition) is 0. The minimum atomic E-state index is -0.0268. The lowest BCUT2D eigenvalue weighted by atomic mass is 9.91. The van der Waals surface area contributed by atoms with Gasteiger partial charge in [-0.05, 0) is 74.9 Å². The van der Waals surface area contributed by atoms with Gasteiger partial charge in [-0.2, -0.15) is 0 Å². The number of aromatic nitrogens is 3. The number of aryl methyl sites for hydroxylation is 3. The molecule has 3 aromatic rings. The number of hydrogen-bond acceptors (Lipinski definition) is 5. The quantitative estimate of drug-likeness (QED) is 0.582. The highest BCUT2D eigenvalue weighted by molar-refractivity contribution is 5.92. The second-order valence-corrected chi connectivity index (χ2v) is 9.32. The van der Waals surface area contributed by atoms with E-state index in [-0.39, 0.29) is 11.8 Å². The van der Waals surface area contributed by atoms with Gasteiger partial charge in [0.05, 0.1) is 0 Å². The summed E-state index contributed by atoms with van der Waals surface area (Å²) in [6.07, 6.45) is 2.89. The Morgan fingerprint density at radius 1 is 1.03 bits per heavy atom. The van der Waals surface area contributed by atoms with Gasteiger partial charge in [0.15, 0.2) is 0 Å². The van der Waals surface area contributed by atoms with Gasteiger partial charge in [-0.1, -0.05) is 24.3 Å². The SMILES string of the molecule is Cc1cc(Cc2ccccc2C)cc(C2CCCN(C(=O)c3cc(C)nc(N(C)C)n3)C2)n1. The van der Waals surface area contributed by atoms with E-state index in [1.54, 1.807) is 6.07 Å². The van der Waals surface area contributed by atoms with Crippen molar-refractivity contribution in [3.8, 4) is 0 Å². The normalized spacial score (nSPS) is 16.0. The zero-order valence-corrected chi connectivity index (χ0v) is 20.3. The van der Waals surface area contributed by atoms with Gasteiger partial charge in [0, 0.05) is 50.2 Å². The van der Waals surface area contributed by atoms with Gasteiger partial charge >= 0.3 is 0 Å². The van der Waals surface area contributed by atoms with Gasteiger partial charge in [0.1, 0.15) is 5.69 Å². The van der Waals surface area contributed by atoms with E-state index in [1.807, 2.05) is 30.8 Å². The zero-order chi connectivity index (χ0) is 23.5. The van der Waals surface area contributed by atoms with Gasteiger partial charge in [-0.15, -0.1) is 0 Å². The fourth-order valence-electron chi connectivity index (χ4n) is 4.54. The first-order valence-corrected chi connectivity index (χ1v) is 11.6. The lowest BCUT2D eigenvalue weighted by molar-refractivity contribution is 0.0699. The summed E-state index contributed by atoms with van der Waals surface area (Å²) in [7, 11) is 3.77. The molecule has 1 aliphatic heterocycles. The minimum absolute atomic E-state index is 0.0268. The van der Waals surface area contributed by atoms with Crippen LogP contribution in [0.15, 0.2) is 42.5 Å². The van der Waals surface area contributed by atoms with Crippen molar-refractivity contribution in [2.24, 2.45) is 0 Å². The monoisotopic (exact) mass is 443 g/mol. The van der Waals surface area contributed by atoms with Crippen LogP contribution in [0.2, 0.25) is 0 Å². The van der Waals surface area contributed by atoms with Gasteiger partial charge < -0.3 is 9.80 Å². The smallest absolute Gasteiger partial charge is 0.272 e. The Balaban J connectivity index is 1.55. The molecule has 0 spiro atoms. The Bertz CT molecular complexity index is 1160. The number of pyridine rings is 1. The number of likely N-dealkylation sites (tertiary alicyclic amines) is 1. The van der Waals surface area contributed by atoms with Crippen molar-refractivity contribution in [3.05, 3.63) is 81.9 Å². The van der Waals surface area contributed by atoms with Crippen molar-refractivity contribution in [3.63, 3.8) is 0 Å². The van der Waals surface area contributed by atoms with Gasteiger partial charge in [0.2, 0.25) is 5.95 Å². The lowest BCUT2D eigenvalue weighted by Crippen LogP contribution is -2.40. The highest BCUT2D eigenvalue weighted by atomic mass is 16.2. The molecule has 1 saturated heterocycles. The van der Waals surface area contributed by atoms with Crippen LogP contribution in [0, 0.1) is 20.8 Å². The van der Waals surface area contributed by atoms with Crippen molar-refractivity contribution >= 4 is 11.9 Å².